The molecule has 19 heavy (non-hydrogen) atoms. The van der Waals surface area contributed by atoms with Crippen molar-refractivity contribution in [2.45, 2.75) is 17.6 Å². The summed E-state index contributed by atoms with van der Waals surface area (Å²) >= 11 is 5.76. The molecule has 0 saturated heterocycles. The van der Waals surface area contributed by atoms with Gasteiger partial charge in [0.1, 0.15) is 5.92 Å². The fourth-order valence-electron chi connectivity index (χ4n) is 1.69. The number of halogens is 1. The van der Waals surface area contributed by atoms with Crippen molar-refractivity contribution < 1.29 is 38.2 Å². The van der Waals surface area contributed by atoms with Crippen LogP contribution < -0.4 is 0 Å². The molecule has 0 spiro atoms. The Kier molecular flexibility index (Phi) is 6.44. The standard InChI is InChI=1S/C9H16ClO8P/c1-5(10)6(7(11)16-2)9(18-4,8(12)17-3)19(13,14)15/h5-6H,1-4H3,(H2,13,14,15). The fourth-order valence-corrected chi connectivity index (χ4v) is 3.31. The molecule has 2 N–H and O–H groups in total. The van der Waals surface area contributed by atoms with Crippen molar-refractivity contribution in [1.29, 1.82) is 0 Å². The van der Waals surface area contributed by atoms with Crippen LogP contribution in [-0.2, 0) is 28.4 Å². The Morgan fingerprint density at radius 1 is 1.21 bits per heavy atom. The van der Waals surface area contributed by atoms with E-state index in [4.69, 9.17) is 11.6 Å². The molecule has 3 atom stereocenters. The monoisotopic (exact) mass is 318 g/mol. The third-order valence-corrected chi connectivity index (χ3v) is 4.32. The molecular weight excluding hydrogens is 303 g/mol. The lowest BCUT2D eigenvalue weighted by atomic mass is 9.98. The highest BCUT2D eigenvalue weighted by Gasteiger charge is 2.65. The molecule has 0 saturated carbocycles. The lowest BCUT2D eigenvalue weighted by Crippen LogP contribution is -2.54. The molecule has 0 heterocycles. The number of alkyl halides is 1. The van der Waals surface area contributed by atoms with Crippen molar-refractivity contribution in [2.75, 3.05) is 21.3 Å². The number of rotatable bonds is 6. The Morgan fingerprint density at radius 3 is 1.89 bits per heavy atom. The molecule has 0 aromatic carbocycles. The zero-order valence-electron chi connectivity index (χ0n) is 10.8. The van der Waals surface area contributed by atoms with Crippen LogP contribution in [-0.4, -0.2) is 53.8 Å². The number of hydrogen-bond acceptors (Lipinski definition) is 6. The normalized spacial score (nSPS) is 18.1. The van der Waals surface area contributed by atoms with Crippen molar-refractivity contribution in [3.8, 4) is 0 Å². The Morgan fingerprint density at radius 2 is 1.68 bits per heavy atom. The van der Waals surface area contributed by atoms with Crippen LogP contribution in [0.15, 0.2) is 0 Å². The first kappa shape index (κ1) is 18.3. The second-order valence-corrected chi connectivity index (χ2v) is 6.06. The van der Waals surface area contributed by atoms with Gasteiger partial charge >= 0.3 is 19.5 Å². The van der Waals surface area contributed by atoms with Crippen LogP contribution in [0.1, 0.15) is 6.92 Å². The Balaban J connectivity index is 6.15. The first-order chi connectivity index (χ1) is 8.59. The molecular formula is C9H16ClO8P. The van der Waals surface area contributed by atoms with Crippen LogP contribution in [0.5, 0.6) is 0 Å². The number of esters is 2. The zero-order chi connectivity index (χ0) is 15.4. The maximum atomic E-state index is 11.8. The van der Waals surface area contributed by atoms with Crippen molar-refractivity contribution in [3.05, 3.63) is 0 Å². The topological polar surface area (TPSA) is 119 Å². The summed E-state index contributed by atoms with van der Waals surface area (Å²) in [6, 6.07) is 0. The van der Waals surface area contributed by atoms with Crippen molar-refractivity contribution in [3.63, 3.8) is 0 Å². The molecule has 0 amide bonds. The first-order valence-corrected chi connectivity index (χ1v) is 7.06. The summed E-state index contributed by atoms with van der Waals surface area (Å²) in [4.78, 5) is 42.3. The minimum Gasteiger partial charge on any atom is -0.469 e. The summed E-state index contributed by atoms with van der Waals surface area (Å²) in [6.07, 6.45) is 0. The number of hydrogen-bond donors (Lipinski definition) is 2. The van der Waals surface area contributed by atoms with E-state index in [2.05, 4.69) is 14.2 Å². The average molecular weight is 319 g/mol. The summed E-state index contributed by atoms with van der Waals surface area (Å²) in [6.45, 7) is 1.27. The van der Waals surface area contributed by atoms with Gasteiger partial charge < -0.3 is 24.0 Å². The van der Waals surface area contributed by atoms with Gasteiger partial charge in [-0.1, -0.05) is 0 Å². The molecule has 0 fully saturated rings. The summed E-state index contributed by atoms with van der Waals surface area (Å²) in [7, 11) is -2.48. The quantitative estimate of drug-likeness (QED) is 0.402. The van der Waals surface area contributed by atoms with Gasteiger partial charge in [0.05, 0.1) is 14.2 Å². The summed E-state index contributed by atoms with van der Waals surface area (Å²) in [5, 5.41) is -4.00. The second kappa shape index (κ2) is 6.67. The van der Waals surface area contributed by atoms with Crippen molar-refractivity contribution >= 4 is 31.1 Å². The van der Waals surface area contributed by atoms with E-state index in [0.717, 1.165) is 21.3 Å². The lowest BCUT2D eigenvalue weighted by Gasteiger charge is -2.36. The van der Waals surface area contributed by atoms with Gasteiger partial charge in [-0.25, -0.2) is 4.79 Å². The molecule has 0 aromatic heterocycles. The van der Waals surface area contributed by atoms with E-state index in [0.29, 0.717) is 0 Å². The van der Waals surface area contributed by atoms with Gasteiger partial charge in [-0.05, 0) is 6.92 Å². The van der Waals surface area contributed by atoms with Crippen molar-refractivity contribution in [1.82, 2.24) is 0 Å². The van der Waals surface area contributed by atoms with E-state index in [1.165, 1.54) is 6.92 Å². The largest absolute Gasteiger partial charge is 0.469 e. The minimum absolute atomic E-state index is 0.866. The van der Waals surface area contributed by atoms with Gasteiger partial charge in [-0.2, -0.15) is 0 Å². The number of ether oxygens (including phenoxy) is 3. The summed E-state index contributed by atoms with van der Waals surface area (Å²) in [5.74, 6) is -4.25. The van der Waals surface area contributed by atoms with Crippen LogP contribution in [0.2, 0.25) is 0 Å². The highest BCUT2D eigenvalue weighted by atomic mass is 35.5. The molecule has 0 aliphatic carbocycles. The van der Waals surface area contributed by atoms with Crippen LogP contribution >= 0.6 is 19.2 Å². The molecule has 0 aliphatic heterocycles. The predicted octanol–water partition coefficient (Wildman–Crippen LogP) is 0.0963. The maximum Gasteiger partial charge on any atom is 0.369 e. The van der Waals surface area contributed by atoms with E-state index < -0.39 is 36.2 Å². The van der Waals surface area contributed by atoms with Gasteiger partial charge in [0.2, 0.25) is 0 Å². The second-order valence-electron chi connectivity index (χ2n) is 3.61. The Labute approximate surface area is 115 Å². The average Bonchev–Trinajstić information content (AvgIpc) is 2.31. The number of carbonyl (C=O) groups is 2. The highest BCUT2D eigenvalue weighted by Crippen LogP contribution is 2.57. The van der Waals surface area contributed by atoms with E-state index in [9.17, 15) is 23.9 Å². The van der Waals surface area contributed by atoms with E-state index in [1.807, 2.05) is 0 Å². The molecule has 0 aromatic rings. The third-order valence-electron chi connectivity index (χ3n) is 2.56. The van der Waals surface area contributed by atoms with Crippen LogP contribution in [0.25, 0.3) is 0 Å². The van der Waals surface area contributed by atoms with Gasteiger partial charge in [-0.15, -0.1) is 11.6 Å². The number of methoxy groups -OCH3 is 3. The van der Waals surface area contributed by atoms with Crippen LogP contribution in [0.3, 0.4) is 0 Å². The van der Waals surface area contributed by atoms with Crippen molar-refractivity contribution in [2.24, 2.45) is 5.92 Å². The van der Waals surface area contributed by atoms with Gasteiger partial charge in [-0.3, -0.25) is 9.36 Å². The smallest absolute Gasteiger partial charge is 0.369 e. The molecule has 0 aliphatic rings. The molecule has 112 valence electrons. The molecule has 0 radical (unpaired) electrons. The summed E-state index contributed by atoms with van der Waals surface area (Å²) < 4.78 is 25.1. The highest BCUT2D eigenvalue weighted by molar-refractivity contribution is 7.54. The van der Waals surface area contributed by atoms with Crippen LogP contribution in [0.4, 0.5) is 0 Å². The summed E-state index contributed by atoms with van der Waals surface area (Å²) in [5.41, 5.74) is 0. The zero-order valence-corrected chi connectivity index (χ0v) is 12.5. The molecule has 3 unspecified atom stereocenters. The molecule has 0 bridgehead atoms. The van der Waals surface area contributed by atoms with E-state index in [-0.39, 0.29) is 0 Å². The minimum atomic E-state index is -5.24. The third kappa shape index (κ3) is 3.27. The number of carbonyl (C=O) groups excluding carboxylic acids is 2. The Bertz CT molecular complexity index is 392. The molecule has 8 nitrogen and oxygen atoms in total. The van der Waals surface area contributed by atoms with Gasteiger partial charge in [0, 0.05) is 12.5 Å². The van der Waals surface area contributed by atoms with Gasteiger partial charge in [0.15, 0.2) is 0 Å². The SMILES string of the molecule is COC(=O)C(C(C)Cl)C(OC)(C(=O)OC)P(=O)(O)O. The molecule has 0 rings (SSSR count). The molecule has 10 heteroatoms. The maximum absolute atomic E-state index is 11.8. The predicted molar refractivity (Wildman–Crippen MR) is 64.6 cm³/mol. The Hall–Kier alpha value is -0.660. The lowest BCUT2D eigenvalue weighted by molar-refractivity contribution is -0.173. The first-order valence-electron chi connectivity index (χ1n) is 5.01. The van der Waals surface area contributed by atoms with Gasteiger partial charge in [0.25, 0.3) is 5.34 Å². The van der Waals surface area contributed by atoms with E-state index in [1.54, 1.807) is 0 Å². The van der Waals surface area contributed by atoms with Crippen LogP contribution in [0, 0.1) is 5.92 Å². The van der Waals surface area contributed by atoms with E-state index >= 15 is 0 Å². The fraction of sp³-hybridized carbons (Fsp3) is 0.778.